The van der Waals surface area contributed by atoms with Crippen molar-refractivity contribution in [1.82, 2.24) is 10.2 Å². The standard InChI is InChI=1S/C21H25IN2O3S/c22-20-11-17-18(7-4-8-19(17)28-20)23-12-16-13-24(9-10-26-16)21(25)27-14-15-5-2-1-3-6-15/h1-3,5-6,11,16,18,23H,4,7-10,12-14H2. The number of nitrogens with zero attached hydrogens (tertiary/aromatic N) is 1. The van der Waals surface area contributed by atoms with Gasteiger partial charge in [0.05, 0.1) is 22.1 Å². The second-order valence-corrected chi connectivity index (χ2v) is 10.3. The third-order valence-electron chi connectivity index (χ3n) is 5.28. The van der Waals surface area contributed by atoms with E-state index in [0.29, 0.717) is 32.3 Å². The van der Waals surface area contributed by atoms with Crippen LogP contribution in [0.25, 0.3) is 0 Å². The first-order valence-corrected chi connectivity index (χ1v) is 11.7. The van der Waals surface area contributed by atoms with E-state index in [-0.39, 0.29) is 12.2 Å². The Morgan fingerprint density at radius 1 is 1.36 bits per heavy atom. The molecule has 5 nitrogen and oxygen atoms in total. The molecule has 2 aliphatic rings. The van der Waals surface area contributed by atoms with Crippen LogP contribution in [-0.4, -0.2) is 43.3 Å². The first-order chi connectivity index (χ1) is 13.7. The van der Waals surface area contributed by atoms with Gasteiger partial charge in [0, 0.05) is 24.0 Å². The first-order valence-electron chi connectivity index (χ1n) is 9.78. The summed E-state index contributed by atoms with van der Waals surface area (Å²) in [5, 5.41) is 3.68. The number of hydrogen-bond acceptors (Lipinski definition) is 5. The molecule has 2 atom stereocenters. The Balaban J connectivity index is 1.26. The van der Waals surface area contributed by atoms with E-state index in [0.717, 1.165) is 18.5 Å². The van der Waals surface area contributed by atoms with Crippen LogP contribution < -0.4 is 5.32 Å². The second-order valence-electron chi connectivity index (χ2n) is 7.26. The Labute approximate surface area is 183 Å². The maximum atomic E-state index is 12.4. The molecule has 2 unspecified atom stereocenters. The van der Waals surface area contributed by atoms with Crippen molar-refractivity contribution in [3.05, 3.63) is 55.3 Å². The van der Waals surface area contributed by atoms with Crippen molar-refractivity contribution in [2.24, 2.45) is 0 Å². The lowest BCUT2D eigenvalue weighted by Crippen LogP contribution is -2.49. The third kappa shape index (κ3) is 5.06. The van der Waals surface area contributed by atoms with Gasteiger partial charge >= 0.3 is 6.09 Å². The molecule has 4 rings (SSSR count). The number of rotatable bonds is 5. The lowest BCUT2D eigenvalue weighted by Gasteiger charge is -2.33. The first kappa shape index (κ1) is 20.1. The van der Waals surface area contributed by atoms with Crippen LogP contribution in [-0.2, 0) is 22.5 Å². The molecule has 1 aliphatic carbocycles. The number of carbonyl (C=O) groups is 1. The van der Waals surface area contributed by atoms with Gasteiger partial charge in [-0.25, -0.2) is 4.79 Å². The highest BCUT2D eigenvalue weighted by molar-refractivity contribution is 14.1. The molecule has 28 heavy (non-hydrogen) atoms. The number of nitrogens with one attached hydrogen (secondary N) is 1. The van der Waals surface area contributed by atoms with Gasteiger partial charge in [0.2, 0.25) is 0 Å². The fourth-order valence-electron chi connectivity index (χ4n) is 3.83. The Hall–Kier alpha value is -1.16. The van der Waals surface area contributed by atoms with Crippen molar-refractivity contribution < 1.29 is 14.3 Å². The highest BCUT2D eigenvalue weighted by Gasteiger charge is 2.27. The van der Waals surface area contributed by atoms with E-state index in [1.807, 2.05) is 41.7 Å². The van der Waals surface area contributed by atoms with E-state index in [4.69, 9.17) is 9.47 Å². The van der Waals surface area contributed by atoms with Crippen LogP contribution in [0.3, 0.4) is 0 Å². The van der Waals surface area contributed by atoms with Gasteiger partial charge in [0.25, 0.3) is 0 Å². The predicted molar refractivity (Wildman–Crippen MR) is 119 cm³/mol. The smallest absolute Gasteiger partial charge is 0.410 e. The number of benzene rings is 1. The van der Waals surface area contributed by atoms with Crippen LogP contribution in [0.2, 0.25) is 0 Å². The summed E-state index contributed by atoms with van der Waals surface area (Å²) < 4.78 is 12.7. The quantitative estimate of drug-likeness (QED) is 0.606. The molecular formula is C21H25IN2O3S. The molecule has 1 aromatic heterocycles. The molecule has 0 radical (unpaired) electrons. The van der Waals surface area contributed by atoms with Gasteiger partial charge in [0.1, 0.15) is 6.61 Å². The zero-order valence-electron chi connectivity index (χ0n) is 15.7. The zero-order chi connectivity index (χ0) is 19.3. The van der Waals surface area contributed by atoms with Gasteiger partial charge in [0.15, 0.2) is 0 Å². The fraction of sp³-hybridized carbons (Fsp3) is 0.476. The number of morpholine rings is 1. The molecule has 1 saturated heterocycles. The predicted octanol–water partition coefficient (Wildman–Crippen LogP) is 4.36. The van der Waals surface area contributed by atoms with E-state index >= 15 is 0 Å². The number of ether oxygens (including phenoxy) is 2. The number of hydrogen-bond donors (Lipinski definition) is 1. The number of aryl methyl sites for hydroxylation is 1. The minimum Gasteiger partial charge on any atom is -0.445 e. The van der Waals surface area contributed by atoms with Crippen molar-refractivity contribution in [3.63, 3.8) is 0 Å². The van der Waals surface area contributed by atoms with Crippen LogP contribution >= 0.6 is 33.9 Å². The molecule has 2 heterocycles. The highest BCUT2D eigenvalue weighted by atomic mass is 127. The van der Waals surface area contributed by atoms with Crippen LogP contribution in [0.15, 0.2) is 36.4 Å². The van der Waals surface area contributed by atoms with Crippen LogP contribution in [0.5, 0.6) is 0 Å². The largest absolute Gasteiger partial charge is 0.445 e. The van der Waals surface area contributed by atoms with Crippen molar-refractivity contribution >= 4 is 40.0 Å². The minimum absolute atomic E-state index is 0.00103. The Bertz CT molecular complexity index is 798. The van der Waals surface area contributed by atoms with Crippen molar-refractivity contribution in [1.29, 1.82) is 0 Å². The lowest BCUT2D eigenvalue weighted by atomic mass is 9.94. The average Bonchev–Trinajstić information content (AvgIpc) is 3.12. The molecule has 1 N–H and O–H groups in total. The number of fused-ring (bicyclic) bond motifs is 1. The Morgan fingerprint density at radius 2 is 2.21 bits per heavy atom. The van der Waals surface area contributed by atoms with Gasteiger partial charge in [-0.15, -0.1) is 11.3 Å². The summed E-state index contributed by atoms with van der Waals surface area (Å²) in [5.74, 6) is 0. The van der Waals surface area contributed by atoms with E-state index in [1.165, 1.54) is 26.2 Å². The second kappa shape index (κ2) is 9.56. The normalized spacial score (nSPS) is 22.0. The van der Waals surface area contributed by atoms with Crippen molar-refractivity contribution in [2.75, 3.05) is 26.2 Å². The summed E-state index contributed by atoms with van der Waals surface area (Å²) >= 11 is 4.32. The Kier molecular flexibility index (Phi) is 6.87. The SMILES string of the molecule is O=C(OCc1ccccc1)N1CCOC(CNC2CCCc3sc(I)cc32)C1. The Morgan fingerprint density at radius 3 is 3.07 bits per heavy atom. The van der Waals surface area contributed by atoms with Crippen molar-refractivity contribution in [3.8, 4) is 0 Å². The van der Waals surface area contributed by atoms with E-state index < -0.39 is 0 Å². The summed E-state index contributed by atoms with van der Waals surface area (Å²) in [6.07, 6.45) is 3.33. The van der Waals surface area contributed by atoms with Crippen molar-refractivity contribution in [2.45, 2.75) is 38.0 Å². The molecule has 1 aliphatic heterocycles. The van der Waals surface area contributed by atoms with Crippen LogP contribution in [0.1, 0.15) is 34.9 Å². The monoisotopic (exact) mass is 512 g/mol. The highest BCUT2D eigenvalue weighted by Crippen LogP contribution is 2.36. The van der Waals surface area contributed by atoms with E-state index in [9.17, 15) is 4.79 Å². The lowest BCUT2D eigenvalue weighted by molar-refractivity contribution is -0.0281. The van der Waals surface area contributed by atoms with Crippen LogP contribution in [0.4, 0.5) is 4.79 Å². The molecule has 0 spiro atoms. The molecule has 0 bridgehead atoms. The number of thiophene rings is 1. The summed E-state index contributed by atoms with van der Waals surface area (Å²) in [4.78, 5) is 15.7. The van der Waals surface area contributed by atoms with Gasteiger partial charge in [-0.3, -0.25) is 0 Å². The van der Waals surface area contributed by atoms with Gasteiger partial charge < -0.3 is 19.7 Å². The van der Waals surface area contributed by atoms with Gasteiger partial charge in [-0.05, 0) is 59.0 Å². The van der Waals surface area contributed by atoms with Crippen LogP contribution in [0, 0.1) is 2.88 Å². The maximum absolute atomic E-state index is 12.4. The number of carbonyl (C=O) groups excluding carboxylic acids is 1. The van der Waals surface area contributed by atoms with Gasteiger partial charge in [-0.2, -0.15) is 0 Å². The van der Waals surface area contributed by atoms with E-state index in [2.05, 4.69) is 34.0 Å². The minimum atomic E-state index is -0.260. The number of halogens is 1. The molecule has 7 heteroatoms. The molecule has 1 amide bonds. The average molecular weight is 512 g/mol. The maximum Gasteiger partial charge on any atom is 0.410 e. The summed E-state index contributed by atoms with van der Waals surface area (Å²) in [7, 11) is 0. The molecule has 2 aromatic rings. The zero-order valence-corrected chi connectivity index (χ0v) is 18.7. The topological polar surface area (TPSA) is 50.8 Å². The van der Waals surface area contributed by atoms with Gasteiger partial charge in [-0.1, -0.05) is 30.3 Å². The molecule has 1 fully saturated rings. The van der Waals surface area contributed by atoms with E-state index in [1.54, 1.807) is 4.90 Å². The number of amides is 1. The third-order valence-corrected chi connectivity index (χ3v) is 7.25. The molecule has 0 saturated carbocycles. The summed E-state index contributed by atoms with van der Waals surface area (Å²) in [6, 6.07) is 12.5. The summed E-state index contributed by atoms with van der Waals surface area (Å²) in [6.45, 7) is 2.77. The summed E-state index contributed by atoms with van der Waals surface area (Å²) in [5.41, 5.74) is 2.46. The molecule has 150 valence electrons. The molecular weight excluding hydrogens is 487 g/mol. The fourth-order valence-corrected chi connectivity index (χ4v) is 5.95. The molecule has 1 aromatic carbocycles.